The summed E-state index contributed by atoms with van der Waals surface area (Å²) in [4.78, 5) is 0. The van der Waals surface area contributed by atoms with Gasteiger partial charge in [0.25, 0.3) is 0 Å². The number of para-hydroxylation sites is 4. The lowest BCUT2D eigenvalue weighted by atomic mass is 9.95. The van der Waals surface area contributed by atoms with Gasteiger partial charge in [-0.2, -0.15) is 10.5 Å². The standard InChI is InChI=1S/C44H24N4O/c45-25-28-23-30(48-37-13-5-1-9-31(37)32-10-2-6-14-38(32)48)24-35(36(28)26-46)27-17-19-29(20-18-27)47-39-15-7-3-11-33(39)43-40(47)21-22-42-44(43)34-12-4-8-16-41(34)49-42/h1-24H. The van der Waals surface area contributed by atoms with Gasteiger partial charge in [0.15, 0.2) is 0 Å². The number of nitriles is 2. The number of rotatable bonds is 3. The largest absolute Gasteiger partial charge is 0.456 e. The van der Waals surface area contributed by atoms with E-state index in [0.29, 0.717) is 11.1 Å². The molecular weight excluding hydrogens is 601 g/mol. The molecule has 0 amide bonds. The Bertz CT molecular complexity index is 3020. The molecule has 0 bridgehead atoms. The fourth-order valence-electron chi connectivity index (χ4n) is 7.74. The first kappa shape index (κ1) is 27.1. The van der Waals surface area contributed by atoms with Gasteiger partial charge in [0.05, 0.1) is 33.2 Å². The second kappa shape index (κ2) is 10.2. The van der Waals surface area contributed by atoms with Crippen molar-refractivity contribution in [2.45, 2.75) is 0 Å². The molecule has 0 N–H and O–H groups in total. The summed E-state index contributed by atoms with van der Waals surface area (Å²) in [5.74, 6) is 0. The van der Waals surface area contributed by atoms with Crippen LogP contribution in [0.5, 0.6) is 0 Å². The number of hydrogen-bond donors (Lipinski definition) is 0. The molecule has 0 fully saturated rings. The van der Waals surface area contributed by atoms with Crippen molar-refractivity contribution in [2.24, 2.45) is 0 Å². The zero-order valence-corrected chi connectivity index (χ0v) is 26.1. The summed E-state index contributed by atoms with van der Waals surface area (Å²) in [6.45, 7) is 0. The highest BCUT2D eigenvalue weighted by molar-refractivity contribution is 6.27. The molecule has 49 heavy (non-hydrogen) atoms. The van der Waals surface area contributed by atoms with Gasteiger partial charge in [0.1, 0.15) is 23.3 Å². The monoisotopic (exact) mass is 624 g/mol. The first-order valence-electron chi connectivity index (χ1n) is 16.1. The van der Waals surface area contributed by atoms with Crippen LogP contribution in [0.2, 0.25) is 0 Å². The Hall–Kier alpha value is -7.08. The molecule has 0 aliphatic rings. The molecular formula is C44H24N4O. The maximum absolute atomic E-state index is 10.3. The third-order valence-electron chi connectivity index (χ3n) is 9.81. The van der Waals surface area contributed by atoms with E-state index in [1.165, 1.54) is 0 Å². The van der Waals surface area contributed by atoms with Crippen molar-refractivity contribution >= 4 is 65.6 Å². The van der Waals surface area contributed by atoms with Gasteiger partial charge in [-0.25, -0.2) is 0 Å². The second-order valence-electron chi connectivity index (χ2n) is 12.3. The van der Waals surface area contributed by atoms with Crippen LogP contribution < -0.4 is 0 Å². The Balaban J connectivity index is 1.18. The maximum atomic E-state index is 10.3. The molecule has 3 aromatic heterocycles. The molecule has 226 valence electrons. The summed E-state index contributed by atoms with van der Waals surface area (Å²) in [6, 6.07) is 54.2. The minimum atomic E-state index is 0.347. The van der Waals surface area contributed by atoms with E-state index in [1.54, 1.807) is 0 Å². The highest BCUT2D eigenvalue weighted by Crippen LogP contribution is 2.42. The van der Waals surface area contributed by atoms with E-state index in [4.69, 9.17) is 4.42 Å². The molecule has 10 rings (SSSR count). The molecule has 0 unspecified atom stereocenters. The molecule has 5 nitrogen and oxygen atoms in total. The third kappa shape index (κ3) is 3.79. The van der Waals surface area contributed by atoms with Gasteiger partial charge in [-0.3, -0.25) is 0 Å². The maximum Gasteiger partial charge on any atom is 0.136 e. The second-order valence-corrected chi connectivity index (χ2v) is 12.3. The fourth-order valence-corrected chi connectivity index (χ4v) is 7.74. The predicted molar refractivity (Wildman–Crippen MR) is 197 cm³/mol. The molecule has 0 radical (unpaired) electrons. The number of fused-ring (bicyclic) bond motifs is 10. The molecule has 0 atom stereocenters. The van der Waals surface area contributed by atoms with E-state index in [1.807, 2.05) is 48.5 Å². The highest BCUT2D eigenvalue weighted by Gasteiger charge is 2.20. The van der Waals surface area contributed by atoms with Crippen LogP contribution in [0.1, 0.15) is 11.1 Å². The summed E-state index contributed by atoms with van der Waals surface area (Å²) in [6.07, 6.45) is 0. The molecule has 10 aromatic rings. The van der Waals surface area contributed by atoms with Gasteiger partial charge in [0.2, 0.25) is 0 Å². The van der Waals surface area contributed by atoms with Crippen LogP contribution in [0.25, 0.3) is 88.1 Å². The predicted octanol–water partition coefficient (Wildman–Crippen LogP) is 11.2. The molecule has 0 spiro atoms. The van der Waals surface area contributed by atoms with Crippen LogP contribution in [-0.4, -0.2) is 9.13 Å². The zero-order chi connectivity index (χ0) is 32.6. The van der Waals surface area contributed by atoms with E-state index in [2.05, 4.69) is 118 Å². The van der Waals surface area contributed by atoms with Crippen molar-refractivity contribution in [3.8, 4) is 34.6 Å². The minimum Gasteiger partial charge on any atom is -0.456 e. The molecule has 3 heterocycles. The van der Waals surface area contributed by atoms with Crippen molar-refractivity contribution in [3.05, 3.63) is 157 Å². The summed E-state index contributed by atoms with van der Waals surface area (Å²) in [5.41, 5.74) is 10.2. The zero-order valence-electron chi connectivity index (χ0n) is 26.1. The minimum absolute atomic E-state index is 0.347. The highest BCUT2D eigenvalue weighted by atomic mass is 16.3. The lowest BCUT2D eigenvalue weighted by molar-refractivity contribution is 0.669. The molecule has 5 heteroatoms. The molecule has 0 aliphatic heterocycles. The fraction of sp³-hybridized carbons (Fsp3) is 0. The van der Waals surface area contributed by atoms with Crippen LogP contribution in [0.3, 0.4) is 0 Å². The Morgan fingerprint density at radius 1 is 0.449 bits per heavy atom. The number of aromatic nitrogens is 2. The lowest BCUT2D eigenvalue weighted by Crippen LogP contribution is -1.99. The Morgan fingerprint density at radius 2 is 1.04 bits per heavy atom. The molecule has 0 aliphatic carbocycles. The van der Waals surface area contributed by atoms with Gasteiger partial charge in [-0.15, -0.1) is 0 Å². The quantitative estimate of drug-likeness (QED) is 0.196. The summed E-state index contributed by atoms with van der Waals surface area (Å²) < 4.78 is 10.7. The van der Waals surface area contributed by atoms with Crippen molar-refractivity contribution in [1.29, 1.82) is 10.5 Å². The van der Waals surface area contributed by atoms with Crippen LogP contribution in [0.15, 0.2) is 150 Å². The molecule has 0 saturated heterocycles. The average molecular weight is 625 g/mol. The first-order chi connectivity index (χ1) is 24.2. The van der Waals surface area contributed by atoms with Crippen LogP contribution >= 0.6 is 0 Å². The number of nitrogens with zero attached hydrogens (tertiary/aromatic N) is 4. The van der Waals surface area contributed by atoms with Crippen LogP contribution in [0.4, 0.5) is 0 Å². The van der Waals surface area contributed by atoms with Crippen molar-refractivity contribution in [3.63, 3.8) is 0 Å². The number of benzene rings is 7. The Kier molecular flexibility index (Phi) is 5.64. The average Bonchev–Trinajstić information content (AvgIpc) is 3.82. The normalized spacial score (nSPS) is 11.6. The van der Waals surface area contributed by atoms with Crippen LogP contribution in [0, 0.1) is 22.7 Å². The van der Waals surface area contributed by atoms with Gasteiger partial charge in [-0.05, 0) is 66.2 Å². The van der Waals surface area contributed by atoms with E-state index >= 15 is 0 Å². The third-order valence-corrected chi connectivity index (χ3v) is 9.81. The Labute approximate surface area is 280 Å². The summed E-state index contributed by atoms with van der Waals surface area (Å²) >= 11 is 0. The van der Waals surface area contributed by atoms with Crippen molar-refractivity contribution in [1.82, 2.24) is 9.13 Å². The Morgan fingerprint density at radius 3 is 1.71 bits per heavy atom. The molecule has 0 saturated carbocycles. The van der Waals surface area contributed by atoms with E-state index in [-0.39, 0.29) is 0 Å². The van der Waals surface area contributed by atoms with Crippen molar-refractivity contribution in [2.75, 3.05) is 0 Å². The van der Waals surface area contributed by atoms with Gasteiger partial charge in [-0.1, -0.05) is 84.9 Å². The van der Waals surface area contributed by atoms with E-state index in [0.717, 1.165) is 88.1 Å². The number of hydrogen-bond acceptors (Lipinski definition) is 3. The van der Waals surface area contributed by atoms with Crippen molar-refractivity contribution < 1.29 is 4.42 Å². The SMILES string of the molecule is N#Cc1cc(-n2c3ccccc3c3ccccc32)cc(-c2ccc(-n3c4ccccc4c4c5c(ccc43)oc3ccccc35)cc2)c1C#N. The van der Waals surface area contributed by atoms with Gasteiger partial charge in [0, 0.05) is 49.3 Å². The van der Waals surface area contributed by atoms with Gasteiger partial charge < -0.3 is 13.6 Å². The van der Waals surface area contributed by atoms with Crippen LogP contribution in [-0.2, 0) is 0 Å². The smallest absolute Gasteiger partial charge is 0.136 e. The topological polar surface area (TPSA) is 70.6 Å². The lowest BCUT2D eigenvalue weighted by Gasteiger charge is -2.14. The first-order valence-corrected chi connectivity index (χ1v) is 16.1. The van der Waals surface area contributed by atoms with E-state index in [9.17, 15) is 10.5 Å². The summed E-state index contributed by atoms with van der Waals surface area (Å²) in [5, 5.41) is 27.4. The number of furan rings is 1. The molecule has 7 aromatic carbocycles. The van der Waals surface area contributed by atoms with Gasteiger partial charge >= 0.3 is 0 Å². The summed E-state index contributed by atoms with van der Waals surface area (Å²) in [7, 11) is 0. The van der Waals surface area contributed by atoms with E-state index < -0.39 is 0 Å².